The van der Waals surface area contributed by atoms with Gasteiger partial charge in [-0.2, -0.15) is 0 Å². The molecule has 0 bridgehead atoms. The summed E-state index contributed by atoms with van der Waals surface area (Å²) < 4.78 is 5.40. The molecule has 0 aromatic heterocycles. The average Bonchev–Trinajstić information content (AvgIpc) is 2.31. The van der Waals surface area contributed by atoms with Crippen molar-refractivity contribution < 1.29 is 14.3 Å². The van der Waals surface area contributed by atoms with Gasteiger partial charge in [-0.05, 0) is 32.0 Å². The van der Waals surface area contributed by atoms with Crippen LogP contribution in [0.3, 0.4) is 0 Å². The van der Waals surface area contributed by atoms with Crippen LogP contribution in [0.25, 0.3) is 0 Å². The van der Waals surface area contributed by atoms with Crippen LogP contribution in [0, 0.1) is 0 Å². The van der Waals surface area contributed by atoms with Crippen LogP contribution in [0.2, 0.25) is 0 Å². The van der Waals surface area contributed by atoms with Gasteiger partial charge in [-0.1, -0.05) is 0 Å². The minimum atomic E-state index is -0.619. The number of alkyl halides is 1. The lowest BCUT2D eigenvalue weighted by Gasteiger charge is -2.23. The Bertz CT molecular complexity index is 502. The van der Waals surface area contributed by atoms with E-state index < -0.39 is 11.5 Å². The molecule has 18 heavy (non-hydrogen) atoms. The Kier molecular flexibility index (Phi) is 3.43. The van der Waals surface area contributed by atoms with Crippen LogP contribution in [-0.4, -0.2) is 23.3 Å². The van der Waals surface area contributed by atoms with Gasteiger partial charge < -0.3 is 15.4 Å². The van der Waals surface area contributed by atoms with Crippen LogP contribution in [0.4, 0.5) is 11.4 Å². The van der Waals surface area contributed by atoms with Crippen LogP contribution in [0.15, 0.2) is 18.2 Å². The Balaban J connectivity index is 2.20. The fraction of sp³-hybridized carbons (Fsp3) is 0.333. The minimum absolute atomic E-state index is 0.211. The third kappa shape index (κ3) is 2.56. The summed E-state index contributed by atoms with van der Waals surface area (Å²) in [4.78, 5) is 22.9. The molecule has 6 heteroatoms. The topological polar surface area (TPSA) is 67.4 Å². The average molecular weight is 269 g/mol. The molecule has 2 N–H and O–H groups in total. The van der Waals surface area contributed by atoms with Crippen molar-refractivity contribution in [3.8, 4) is 5.75 Å². The lowest BCUT2D eigenvalue weighted by molar-refractivity contribution is -0.122. The molecule has 2 rings (SSSR count). The van der Waals surface area contributed by atoms with Gasteiger partial charge in [0.15, 0.2) is 6.10 Å². The summed E-state index contributed by atoms with van der Waals surface area (Å²) in [6.45, 7) is 3.25. The van der Waals surface area contributed by atoms with E-state index >= 15 is 0 Å². The number of benzene rings is 1. The van der Waals surface area contributed by atoms with E-state index in [1.54, 1.807) is 32.0 Å². The summed E-state index contributed by atoms with van der Waals surface area (Å²) >= 11 is 5.66. The molecule has 1 heterocycles. The van der Waals surface area contributed by atoms with Crippen LogP contribution in [0.5, 0.6) is 5.75 Å². The van der Waals surface area contributed by atoms with Gasteiger partial charge in [-0.25, -0.2) is 0 Å². The van der Waals surface area contributed by atoms with Crippen molar-refractivity contribution in [1.29, 1.82) is 0 Å². The van der Waals surface area contributed by atoms with Gasteiger partial charge in [-0.3, -0.25) is 9.59 Å². The summed E-state index contributed by atoms with van der Waals surface area (Å²) in [6.07, 6.45) is -0.513. The molecule has 96 valence electrons. The number of hydrogen-bond donors (Lipinski definition) is 2. The predicted octanol–water partition coefficient (Wildman–Crippen LogP) is 1.97. The minimum Gasteiger partial charge on any atom is -0.479 e. The quantitative estimate of drug-likeness (QED) is 0.806. The maximum Gasteiger partial charge on any atom is 0.265 e. The fourth-order valence-corrected chi connectivity index (χ4v) is 1.58. The zero-order valence-electron chi connectivity index (χ0n) is 9.99. The number of fused-ring (bicyclic) bond motifs is 1. The van der Waals surface area contributed by atoms with Crippen LogP contribution >= 0.6 is 11.6 Å². The number of carbonyl (C=O) groups excluding carboxylic acids is 2. The van der Waals surface area contributed by atoms with Gasteiger partial charge in [-0.15, -0.1) is 11.6 Å². The lowest BCUT2D eigenvalue weighted by Crippen LogP contribution is -2.34. The zero-order valence-corrected chi connectivity index (χ0v) is 10.7. The number of rotatable bonds is 2. The smallest absolute Gasteiger partial charge is 0.265 e. The standard InChI is InChI=1S/C12H13ClN2O3/c1-6(13)11(16)14-8-3-4-10-9(5-8)15-12(17)7(2)18-10/h3-7H,1-2H3,(H,14,16)(H,15,17). The fourth-order valence-electron chi connectivity index (χ4n) is 1.53. The monoisotopic (exact) mass is 268 g/mol. The Morgan fingerprint density at radius 1 is 1.56 bits per heavy atom. The number of anilines is 2. The van der Waals surface area contributed by atoms with Crippen molar-refractivity contribution in [3.05, 3.63) is 18.2 Å². The first kappa shape index (κ1) is 12.7. The van der Waals surface area contributed by atoms with E-state index in [0.717, 1.165) is 0 Å². The SMILES string of the molecule is CC(Cl)C(=O)Nc1ccc2c(c1)NC(=O)C(C)O2. The molecule has 2 unspecified atom stereocenters. The second-order valence-corrected chi connectivity index (χ2v) is 4.72. The van der Waals surface area contributed by atoms with Crippen molar-refractivity contribution >= 4 is 34.8 Å². The van der Waals surface area contributed by atoms with Gasteiger partial charge in [0.2, 0.25) is 5.91 Å². The van der Waals surface area contributed by atoms with E-state index in [0.29, 0.717) is 17.1 Å². The lowest BCUT2D eigenvalue weighted by atomic mass is 10.2. The van der Waals surface area contributed by atoms with Gasteiger partial charge >= 0.3 is 0 Å². The molecule has 0 fully saturated rings. The Morgan fingerprint density at radius 2 is 2.28 bits per heavy atom. The van der Waals surface area contributed by atoms with Gasteiger partial charge in [0, 0.05) is 5.69 Å². The summed E-state index contributed by atoms with van der Waals surface area (Å²) in [5.41, 5.74) is 1.10. The van der Waals surface area contributed by atoms with E-state index in [-0.39, 0.29) is 11.8 Å². The normalized spacial score (nSPS) is 19.3. The first-order valence-electron chi connectivity index (χ1n) is 5.54. The van der Waals surface area contributed by atoms with Crippen molar-refractivity contribution in [2.24, 2.45) is 0 Å². The van der Waals surface area contributed by atoms with Gasteiger partial charge in [0.1, 0.15) is 11.1 Å². The maximum absolute atomic E-state index is 11.5. The maximum atomic E-state index is 11.5. The van der Waals surface area contributed by atoms with E-state index in [1.165, 1.54) is 0 Å². The van der Waals surface area contributed by atoms with Crippen molar-refractivity contribution in [2.45, 2.75) is 25.3 Å². The summed E-state index contributed by atoms with van der Waals surface area (Å²) in [5, 5.41) is 4.73. The zero-order chi connectivity index (χ0) is 13.3. The highest BCUT2D eigenvalue weighted by Gasteiger charge is 2.23. The van der Waals surface area contributed by atoms with Crippen LogP contribution < -0.4 is 15.4 Å². The molecule has 2 amide bonds. The molecule has 0 radical (unpaired) electrons. The van der Waals surface area contributed by atoms with Crippen LogP contribution in [0.1, 0.15) is 13.8 Å². The molecule has 1 aliphatic rings. The van der Waals surface area contributed by atoms with E-state index in [1.807, 2.05) is 0 Å². The summed E-state index contributed by atoms with van der Waals surface area (Å²) in [6, 6.07) is 5.02. The second-order valence-electron chi connectivity index (χ2n) is 4.07. The molecule has 0 saturated carbocycles. The van der Waals surface area contributed by atoms with Crippen molar-refractivity contribution in [1.82, 2.24) is 0 Å². The number of amides is 2. The Labute approximate surface area is 109 Å². The highest BCUT2D eigenvalue weighted by Crippen LogP contribution is 2.32. The molecular weight excluding hydrogens is 256 g/mol. The first-order valence-corrected chi connectivity index (χ1v) is 5.97. The third-order valence-electron chi connectivity index (χ3n) is 2.54. The van der Waals surface area contributed by atoms with Crippen LogP contribution in [-0.2, 0) is 9.59 Å². The number of ether oxygens (including phenoxy) is 1. The van der Waals surface area contributed by atoms with Crippen molar-refractivity contribution in [3.63, 3.8) is 0 Å². The summed E-state index contributed by atoms with van der Waals surface area (Å²) in [7, 11) is 0. The van der Waals surface area contributed by atoms with E-state index in [9.17, 15) is 9.59 Å². The summed E-state index contributed by atoms with van der Waals surface area (Å²) in [5.74, 6) is 0.0729. The predicted molar refractivity (Wildman–Crippen MR) is 69.1 cm³/mol. The number of hydrogen-bond acceptors (Lipinski definition) is 3. The Hall–Kier alpha value is -1.75. The first-order chi connectivity index (χ1) is 8.47. The highest BCUT2D eigenvalue weighted by molar-refractivity contribution is 6.32. The Morgan fingerprint density at radius 3 is 2.94 bits per heavy atom. The highest BCUT2D eigenvalue weighted by atomic mass is 35.5. The van der Waals surface area contributed by atoms with Gasteiger partial charge in [0.05, 0.1) is 5.69 Å². The van der Waals surface area contributed by atoms with Crippen molar-refractivity contribution in [2.75, 3.05) is 10.6 Å². The molecule has 0 spiro atoms. The van der Waals surface area contributed by atoms with E-state index in [4.69, 9.17) is 16.3 Å². The molecule has 2 atom stereocenters. The van der Waals surface area contributed by atoms with Gasteiger partial charge in [0.25, 0.3) is 5.91 Å². The molecule has 0 aliphatic carbocycles. The molecule has 5 nitrogen and oxygen atoms in total. The molecule has 1 aromatic rings. The third-order valence-corrected chi connectivity index (χ3v) is 2.74. The molecule has 0 saturated heterocycles. The second kappa shape index (κ2) is 4.86. The van der Waals surface area contributed by atoms with E-state index in [2.05, 4.69) is 10.6 Å². The molecular formula is C12H13ClN2O3. The number of carbonyl (C=O) groups is 2. The number of halogens is 1. The number of nitrogens with one attached hydrogen (secondary N) is 2. The largest absolute Gasteiger partial charge is 0.479 e. The molecule has 1 aliphatic heterocycles. The molecule has 1 aromatic carbocycles.